The lowest BCUT2D eigenvalue weighted by molar-refractivity contribution is -0.192. The van der Waals surface area contributed by atoms with Gasteiger partial charge in [-0.15, -0.1) is 0 Å². The molecule has 0 amide bonds. The fourth-order valence-electron chi connectivity index (χ4n) is 5.50. The van der Waals surface area contributed by atoms with Crippen LogP contribution >= 0.6 is 0 Å². The van der Waals surface area contributed by atoms with Gasteiger partial charge in [0.2, 0.25) is 0 Å². The van der Waals surface area contributed by atoms with Crippen molar-refractivity contribution in [2.75, 3.05) is 44.4 Å². The van der Waals surface area contributed by atoms with Gasteiger partial charge in [0.1, 0.15) is 11.6 Å². The summed E-state index contributed by atoms with van der Waals surface area (Å²) in [6.07, 6.45) is -2.62. The third kappa shape index (κ3) is 9.76. The SMILES string of the molecule is CCOc1cc2c(c(F)c1OCC)C(=N)N(CC(=O)c1cc(N3CCCC3)c(OCCCC(=O)O)c(C(C)(C)C)c1)C2.O=C(O)C(F)(F)F. The summed E-state index contributed by atoms with van der Waals surface area (Å²) in [5.41, 5.74) is 2.53. The smallest absolute Gasteiger partial charge is 0.490 e. The Morgan fingerprint density at radius 2 is 1.55 bits per heavy atom. The van der Waals surface area contributed by atoms with Crippen LogP contribution in [0.2, 0.25) is 0 Å². The number of rotatable bonds is 13. The summed E-state index contributed by atoms with van der Waals surface area (Å²) < 4.78 is 64.6. The van der Waals surface area contributed by atoms with E-state index < -0.39 is 23.9 Å². The van der Waals surface area contributed by atoms with Crippen LogP contribution in [0.4, 0.5) is 23.2 Å². The molecule has 0 spiro atoms. The van der Waals surface area contributed by atoms with Crippen LogP contribution in [0, 0.1) is 11.2 Å². The van der Waals surface area contributed by atoms with Gasteiger partial charge < -0.3 is 34.2 Å². The van der Waals surface area contributed by atoms with Gasteiger partial charge in [0, 0.05) is 37.2 Å². The first kappa shape index (κ1) is 38.9. The predicted molar refractivity (Wildman–Crippen MR) is 173 cm³/mol. The summed E-state index contributed by atoms with van der Waals surface area (Å²) in [5, 5.41) is 24.9. The minimum atomic E-state index is -5.08. The second-order valence-corrected chi connectivity index (χ2v) is 12.5. The van der Waals surface area contributed by atoms with Crippen LogP contribution in [0.1, 0.15) is 87.4 Å². The zero-order valence-corrected chi connectivity index (χ0v) is 28.3. The monoisotopic (exact) mass is 697 g/mol. The van der Waals surface area contributed by atoms with Crippen molar-refractivity contribution in [3.8, 4) is 17.2 Å². The predicted octanol–water partition coefficient (Wildman–Crippen LogP) is 6.42. The number of fused-ring (bicyclic) bond motifs is 1. The van der Waals surface area contributed by atoms with E-state index >= 15 is 4.39 Å². The van der Waals surface area contributed by atoms with E-state index in [4.69, 9.17) is 34.6 Å². The van der Waals surface area contributed by atoms with Crippen molar-refractivity contribution in [3.63, 3.8) is 0 Å². The molecule has 0 unspecified atom stereocenters. The van der Waals surface area contributed by atoms with E-state index in [9.17, 15) is 22.8 Å². The van der Waals surface area contributed by atoms with E-state index in [0.29, 0.717) is 35.7 Å². The average Bonchev–Trinajstić information content (AvgIpc) is 3.65. The molecular formula is C34H43F4N3O8. The van der Waals surface area contributed by atoms with Crippen molar-refractivity contribution in [1.29, 1.82) is 5.41 Å². The molecule has 3 N–H and O–H groups in total. The summed E-state index contributed by atoms with van der Waals surface area (Å²) in [5.74, 6) is -3.56. The fourth-order valence-corrected chi connectivity index (χ4v) is 5.50. The number of hydrogen-bond acceptors (Lipinski definition) is 8. The average molecular weight is 698 g/mol. The highest BCUT2D eigenvalue weighted by atomic mass is 19.4. The Morgan fingerprint density at radius 1 is 0.939 bits per heavy atom. The molecule has 0 aliphatic carbocycles. The Bertz CT molecular complexity index is 1550. The molecule has 2 aromatic rings. The molecule has 0 bridgehead atoms. The largest absolute Gasteiger partial charge is 0.491 e. The summed E-state index contributed by atoms with van der Waals surface area (Å²) in [6.45, 7) is 12.4. The molecule has 2 heterocycles. The van der Waals surface area contributed by atoms with Crippen LogP contribution in [0.5, 0.6) is 17.2 Å². The standard InChI is InChI=1S/C32H42FN3O6.C2HF3O2/c1-6-40-25-17-21-18-36(31(34)27(21)28(33)30(25)41-7-2)19-24(37)20-15-22(32(3,4)5)29(42-14-10-11-26(38)39)23(16-20)35-12-8-9-13-35;3-2(4,5)1(6)7/h15-17,34H,6-14,18-19H2,1-5H3,(H,38,39);(H,6,7). The number of ketones is 1. The van der Waals surface area contributed by atoms with Gasteiger partial charge in [-0.05, 0) is 62.3 Å². The highest BCUT2D eigenvalue weighted by Gasteiger charge is 2.38. The van der Waals surface area contributed by atoms with Gasteiger partial charge in [-0.25, -0.2) is 9.18 Å². The number of amidine groups is 1. The lowest BCUT2D eigenvalue weighted by Crippen LogP contribution is -2.31. The van der Waals surface area contributed by atoms with Crippen LogP contribution in [-0.4, -0.2) is 84.3 Å². The molecule has 2 aliphatic heterocycles. The number of hydrogen-bond donors (Lipinski definition) is 3. The Labute approximate surface area is 282 Å². The van der Waals surface area contributed by atoms with Crippen molar-refractivity contribution in [3.05, 3.63) is 46.3 Å². The number of carboxylic acid groups (broad SMARTS) is 2. The van der Waals surface area contributed by atoms with Gasteiger partial charge >= 0.3 is 18.1 Å². The molecule has 0 atom stereocenters. The number of ether oxygens (including phenoxy) is 3. The van der Waals surface area contributed by atoms with E-state index in [1.54, 1.807) is 17.9 Å². The van der Waals surface area contributed by atoms with Gasteiger partial charge in [-0.2, -0.15) is 13.2 Å². The van der Waals surface area contributed by atoms with E-state index in [1.165, 1.54) is 0 Å². The van der Waals surface area contributed by atoms with Crippen LogP contribution in [0.15, 0.2) is 18.2 Å². The zero-order chi connectivity index (χ0) is 36.7. The second kappa shape index (κ2) is 16.2. The number of carboxylic acids is 2. The van der Waals surface area contributed by atoms with Crippen molar-refractivity contribution in [2.45, 2.75) is 78.4 Å². The van der Waals surface area contributed by atoms with E-state index in [0.717, 1.165) is 37.2 Å². The highest BCUT2D eigenvalue weighted by Crippen LogP contribution is 2.42. The molecule has 270 valence electrons. The van der Waals surface area contributed by atoms with Gasteiger partial charge in [-0.3, -0.25) is 15.0 Å². The molecule has 4 rings (SSSR count). The molecule has 1 fully saturated rings. The van der Waals surface area contributed by atoms with E-state index in [-0.39, 0.29) is 61.1 Å². The van der Waals surface area contributed by atoms with Crippen LogP contribution in [0.3, 0.4) is 0 Å². The number of carbonyl (C=O) groups is 3. The second-order valence-electron chi connectivity index (χ2n) is 12.5. The van der Waals surface area contributed by atoms with Crippen molar-refractivity contribution in [1.82, 2.24) is 4.90 Å². The number of benzene rings is 2. The number of carbonyl (C=O) groups excluding carboxylic acids is 1. The van der Waals surface area contributed by atoms with E-state index in [1.807, 2.05) is 19.1 Å². The molecule has 0 radical (unpaired) electrons. The number of halogens is 4. The Kier molecular flexibility index (Phi) is 12.9. The minimum absolute atomic E-state index is 0.0138. The minimum Gasteiger partial charge on any atom is -0.491 e. The normalized spacial score (nSPS) is 14.3. The maximum Gasteiger partial charge on any atom is 0.490 e. The molecule has 2 aromatic carbocycles. The van der Waals surface area contributed by atoms with Gasteiger partial charge in [-0.1, -0.05) is 20.8 Å². The molecule has 49 heavy (non-hydrogen) atoms. The molecule has 0 aromatic heterocycles. The maximum atomic E-state index is 15.5. The summed E-state index contributed by atoms with van der Waals surface area (Å²) >= 11 is 0. The Morgan fingerprint density at radius 3 is 2.08 bits per heavy atom. The number of anilines is 1. The van der Waals surface area contributed by atoms with Gasteiger partial charge in [0.25, 0.3) is 0 Å². The Balaban J connectivity index is 0.000000838. The lowest BCUT2D eigenvalue weighted by atomic mass is 9.84. The number of nitrogens with one attached hydrogen (secondary N) is 1. The number of Topliss-reactive ketones (excluding diaryl/α,β-unsaturated/α-hetero) is 1. The van der Waals surface area contributed by atoms with Crippen molar-refractivity contribution >= 4 is 29.2 Å². The first-order valence-electron chi connectivity index (χ1n) is 16.0. The van der Waals surface area contributed by atoms with Crippen molar-refractivity contribution in [2.24, 2.45) is 0 Å². The topological polar surface area (TPSA) is 150 Å². The lowest BCUT2D eigenvalue weighted by Gasteiger charge is -2.30. The fraction of sp³-hybridized carbons (Fsp3) is 0.529. The third-order valence-corrected chi connectivity index (χ3v) is 7.78. The van der Waals surface area contributed by atoms with E-state index in [2.05, 4.69) is 25.7 Å². The number of nitrogens with zero attached hydrogens (tertiary/aromatic N) is 2. The molecule has 2 aliphatic rings. The molecule has 0 saturated carbocycles. The number of aliphatic carboxylic acids is 2. The van der Waals surface area contributed by atoms with Crippen LogP contribution in [0.25, 0.3) is 0 Å². The van der Waals surface area contributed by atoms with Gasteiger partial charge in [0.15, 0.2) is 23.1 Å². The van der Waals surface area contributed by atoms with Crippen molar-refractivity contribution < 1.29 is 56.4 Å². The Hall–Kier alpha value is -4.56. The first-order valence-corrected chi connectivity index (χ1v) is 16.0. The summed E-state index contributed by atoms with van der Waals surface area (Å²) in [7, 11) is 0. The van der Waals surface area contributed by atoms with Crippen LogP contribution < -0.4 is 19.1 Å². The first-order chi connectivity index (χ1) is 22.9. The molecule has 11 nitrogen and oxygen atoms in total. The summed E-state index contributed by atoms with van der Waals surface area (Å²) in [6, 6.07) is 5.40. The third-order valence-electron chi connectivity index (χ3n) is 7.78. The maximum absolute atomic E-state index is 15.5. The highest BCUT2D eigenvalue weighted by molar-refractivity contribution is 6.06. The number of alkyl halides is 3. The zero-order valence-electron chi connectivity index (χ0n) is 28.3. The quantitative estimate of drug-likeness (QED) is 0.122. The van der Waals surface area contributed by atoms with Gasteiger partial charge in [0.05, 0.1) is 37.6 Å². The molecule has 1 saturated heterocycles. The van der Waals surface area contributed by atoms with Crippen LogP contribution in [-0.2, 0) is 21.5 Å². The molecular weight excluding hydrogens is 654 g/mol. The molecule has 15 heteroatoms. The summed E-state index contributed by atoms with van der Waals surface area (Å²) in [4.78, 5) is 37.5.